The highest BCUT2D eigenvalue weighted by atomic mass is 16.5. The SMILES string of the molecule is Cc1ccc2c(C(=O)C[NH+]3CCOCC3)c(C)[nH]c2c1. The highest BCUT2D eigenvalue weighted by Gasteiger charge is 2.22. The third kappa shape index (κ3) is 2.49. The Morgan fingerprint density at radius 3 is 2.80 bits per heavy atom. The molecule has 2 N–H and O–H groups in total. The first kappa shape index (κ1) is 13.3. The molecule has 0 atom stereocenters. The van der Waals surface area contributed by atoms with Gasteiger partial charge in [0.2, 0.25) is 5.78 Å². The number of fused-ring (bicyclic) bond motifs is 1. The van der Waals surface area contributed by atoms with E-state index in [1.54, 1.807) is 0 Å². The fraction of sp³-hybridized carbons (Fsp3) is 0.438. The van der Waals surface area contributed by atoms with Gasteiger partial charge in [0.15, 0.2) is 0 Å². The maximum absolute atomic E-state index is 12.6. The number of Topliss-reactive ketones (excluding diaryl/α,β-unsaturated/α-hetero) is 1. The Bertz CT molecular complexity index is 639. The zero-order valence-electron chi connectivity index (χ0n) is 12.1. The minimum absolute atomic E-state index is 0.231. The summed E-state index contributed by atoms with van der Waals surface area (Å²) >= 11 is 0. The van der Waals surface area contributed by atoms with Crippen LogP contribution in [0.5, 0.6) is 0 Å². The molecule has 0 spiro atoms. The summed E-state index contributed by atoms with van der Waals surface area (Å²) in [6, 6.07) is 6.21. The van der Waals surface area contributed by atoms with Gasteiger partial charge in [-0.05, 0) is 25.5 Å². The van der Waals surface area contributed by atoms with Crippen LogP contribution in [0.4, 0.5) is 0 Å². The largest absolute Gasteiger partial charge is 0.370 e. The molecule has 1 aliphatic rings. The molecular formula is C16H21N2O2+. The standard InChI is InChI=1S/C16H20N2O2/c1-11-3-4-13-14(9-11)17-12(2)16(13)15(19)10-18-5-7-20-8-6-18/h3-4,9,17H,5-8,10H2,1-2H3/p+1. The number of aromatic nitrogens is 1. The van der Waals surface area contributed by atoms with Crippen LogP contribution in [0, 0.1) is 13.8 Å². The van der Waals surface area contributed by atoms with Gasteiger partial charge in [0.25, 0.3) is 0 Å². The van der Waals surface area contributed by atoms with Crippen molar-refractivity contribution in [1.82, 2.24) is 4.98 Å². The van der Waals surface area contributed by atoms with Crippen LogP contribution in [0.1, 0.15) is 21.6 Å². The van der Waals surface area contributed by atoms with E-state index >= 15 is 0 Å². The summed E-state index contributed by atoms with van der Waals surface area (Å²) in [5.74, 6) is 0.231. The Balaban J connectivity index is 1.88. The number of morpholine rings is 1. The molecule has 4 nitrogen and oxygen atoms in total. The van der Waals surface area contributed by atoms with Crippen LogP contribution in [-0.2, 0) is 4.74 Å². The van der Waals surface area contributed by atoms with Gasteiger partial charge in [0.05, 0.1) is 18.8 Å². The van der Waals surface area contributed by atoms with Gasteiger partial charge in [-0.2, -0.15) is 0 Å². The smallest absolute Gasteiger partial charge is 0.219 e. The molecule has 0 radical (unpaired) electrons. The molecule has 0 bridgehead atoms. The van der Waals surface area contributed by atoms with Crippen molar-refractivity contribution in [2.45, 2.75) is 13.8 Å². The molecule has 106 valence electrons. The second kappa shape index (κ2) is 5.38. The van der Waals surface area contributed by atoms with Gasteiger partial charge in [0, 0.05) is 16.6 Å². The van der Waals surface area contributed by atoms with Crippen molar-refractivity contribution in [2.24, 2.45) is 0 Å². The van der Waals surface area contributed by atoms with Crippen LogP contribution in [-0.4, -0.2) is 43.6 Å². The summed E-state index contributed by atoms with van der Waals surface area (Å²) in [5, 5.41) is 1.05. The van der Waals surface area contributed by atoms with Crippen molar-refractivity contribution in [1.29, 1.82) is 0 Å². The van der Waals surface area contributed by atoms with Crippen molar-refractivity contribution in [3.05, 3.63) is 35.0 Å². The Morgan fingerprint density at radius 1 is 1.30 bits per heavy atom. The molecule has 1 saturated heterocycles. The topological polar surface area (TPSA) is 46.5 Å². The monoisotopic (exact) mass is 273 g/mol. The van der Waals surface area contributed by atoms with E-state index in [9.17, 15) is 4.79 Å². The van der Waals surface area contributed by atoms with Crippen molar-refractivity contribution in [2.75, 3.05) is 32.8 Å². The van der Waals surface area contributed by atoms with E-state index in [1.165, 1.54) is 10.5 Å². The number of rotatable bonds is 3. The molecule has 2 heterocycles. The third-order valence-electron chi connectivity index (χ3n) is 4.03. The Labute approximate surface area is 118 Å². The lowest BCUT2D eigenvalue weighted by Crippen LogP contribution is -3.14. The molecule has 3 rings (SSSR count). The number of benzene rings is 1. The number of hydrogen-bond donors (Lipinski definition) is 2. The molecule has 4 heteroatoms. The summed E-state index contributed by atoms with van der Waals surface area (Å²) in [6.07, 6.45) is 0. The maximum Gasteiger partial charge on any atom is 0.219 e. The molecule has 1 aliphatic heterocycles. The van der Waals surface area contributed by atoms with Gasteiger partial charge >= 0.3 is 0 Å². The number of ether oxygens (including phenoxy) is 1. The molecule has 0 aliphatic carbocycles. The van der Waals surface area contributed by atoms with Crippen LogP contribution in [0.3, 0.4) is 0 Å². The highest BCUT2D eigenvalue weighted by molar-refractivity contribution is 6.09. The van der Waals surface area contributed by atoms with Crippen LogP contribution in [0.15, 0.2) is 18.2 Å². The summed E-state index contributed by atoms with van der Waals surface area (Å²) in [7, 11) is 0. The predicted octanol–water partition coefficient (Wildman–Crippen LogP) is 0.883. The second-order valence-corrected chi connectivity index (χ2v) is 5.64. The molecule has 0 amide bonds. The minimum atomic E-state index is 0.231. The number of carbonyl (C=O) groups excluding carboxylic acids is 1. The Morgan fingerprint density at radius 2 is 2.05 bits per heavy atom. The van der Waals surface area contributed by atoms with Crippen molar-refractivity contribution in [3.8, 4) is 0 Å². The average Bonchev–Trinajstić information content (AvgIpc) is 2.74. The lowest BCUT2D eigenvalue weighted by Gasteiger charge is -2.23. The summed E-state index contributed by atoms with van der Waals surface area (Å²) in [5.41, 5.74) is 4.10. The normalized spacial score (nSPS) is 16.7. The van der Waals surface area contributed by atoms with E-state index in [2.05, 4.69) is 30.1 Å². The minimum Gasteiger partial charge on any atom is -0.370 e. The van der Waals surface area contributed by atoms with Crippen LogP contribution in [0.2, 0.25) is 0 Å². The number of H-pyrrole nitrogens is 1. The lowest BCUT2D eigenvalue weighted by atomic mass is 10.0. The molecule has 2 aromatic rings. The number of quaternary nitrogens is 1. The fourth-order valence-electron chi connectivity index (χ4n) is 2.96. The zero-order chi connectivity index (χ0) is 14.1. The van der Waals surface area contributed by atoms with Gasteiger partial charge < -0.3 is 14.6 Å². The van der Waals surface area contributed by atoms with E-state index in [0.717, 1.165) is 48.5 Å². The Hall–Kier alpha value is -1.65. The third-order valence-corrected chi connectivity index (χ3v) is 4.03. The number of aryl methyl sites for hydroxylation is 2. The summed E-state index contributed by atoms with van der Waals surface area (Å²) < 4.78 is 5.34. The second-order valence-electron chi connectivity index (χ2n) is 5.64. The molecule has 1 fully saturated rings. The molecule has 20 heavy (non-hydrogen) atoms. The zero-order valence-corrected chi connectivity index (χ0v) is 12.1. The molecular weight excluding hydrogens is 252 g/mol. The first-order chi connectivity index (χ1) is 9.65. The fourth-order valence-corrected chi connectivity index (χ4v) is 2.96. The van der Waals surface area contributed by atoms with E-state index in [4.69, 9.17) is 4.74 Å². The van der Waals surface area contributed by atoms with E-state index < -0.39 is 0 Å². The number of carbonyl (C=O) groups is 1. The van der Waals surface area contributed by atoms with Gasteiger partial charge in [0.1, 0.15) is 19.6 Å². The number of nitrogens with one attached hydrogen (secondary N) is 2. The first-order valence-corrected chi connectivity index (χ1v) is 7.18. The molecule has 1 aromatic carbocycles. The van der Waals surface area contributed by atoms with E-state index in [-0.39, 0.29) is 5.78 Å². The van der Waals surface area contributed by atoms with Crippen molar-refractivity contribution in [3.63, 3.8) is 0 Å². The quantitative estimate of drug-likeness (QED) is 0.816. The first-order valence-electron chi connectivity index (χ1n) is 7.18. The predicted molar refractivity (Wildman–Crippen MR) is 78.5 cm³/mol. The molecule has 0 unspecified atom stereocenters. The van der Waals surface area contributed by atoms with Crippen LogP contribution < -0.4 is 4.90 Å². The lowest BCUT2D eigenvalue weighted by molar-refractivity contribution is -0.899. The van der Waals surface area contributed by atoms with E-state index in [1.807, 2.05) is 6.92 Å². The average molecular weight is 273 g/mol. The van der Waals surface area contributed by atoms with Gasteiger partial charge in [-0.1, -0.05) is 12.1 Å². The number of ketones is 1. The molecule has 0 saturated carbocycles. The molecule has 1 aromatic heterocycles. The summed E-state index contributed by atoms with van der Waals surface area (Å²) in [6.45, 7) is 7.97. The van der Waals surface area contributed by atoms with Crippen molar-refractivity contribution >= 4 is 16.7 Å². The van der Waals surface area contributed by atoms with Gasteiger partial charge in [-0.3, -0.25) is 4.79 Å². The number of hydrogen-bond acceptors (Lipinski definition) is 2. The van der Waals surface area contributed by atoms with Gasteiger partial charge in [-0.15, -0.1) is 0 Å². The number of aromatic amines is 1. The van der Waals surface area contributed by atoms with Gasteiger partial charge in [-0.25, -0.2) is 0 Å². The van der Waals surface area contributed by atoms with Crippen LogP contribution >= 0.6 is 0 Å². The Kier molecular flexibility index (Phi) is 3.59. The van der Waals surface area contributed by atoms with Crippen LogP contribution in [0.25, 0.3) is 10.9 Å². The summed E-state index contributed by atoms with van der Waals surface area (Å²) in [4.78, 5) is 17.3. The van der Waals surface area contributed by atoms with Crippen molar-refractivity contribution < 1.29 is 14.4 Å². The highest BCUT2D eigenvalue weighted by Crippen LogP contribution is 2.23. The maximum atomic E-state index is 12.6. The van der Waals surface area contributed by atoms with E-state index in [0.29, 0.717) is 6.54 Å².